The van der Waals surface area contributed by atoms with Crippen LogP contribution in [0.2, 0.25) is 0 Å². The van der Waals surface area contributed by atoms with Crippen molar-refractivity contribution in [3.8, 4) is 11.1 Å². The van der Waals surface area contributed by atoms with Gasteiger partial charge in [-0.25, -0.2) is 9.97 Å². The molecule has 2 aliphatic heterocycles. The summed E-state index contributed by atoms with van der Waals surface area (Å²) in [7, 11) is 0. The van der Waals surface area contributed by atoms with Gasteiger partial charge in [0.1, 0.15) is 12.6 Å². The van der Waals surface area contributed by atoms with Crippen LogP contribution in [0, 0.1) is 31.1 Å². The van der Waals surface area contributed by atoms with Crippen LogP contribution in [0.4, 0.5) is 22.6 Å². The first-order valence-electron chi connectivity index (χ1n) is 20.7. The number of hydrogen-bond acceptors (Lipinski definition) is 12. The molecule has 4 aromatic heterocycles. The van der Waals surface area contributed by atoms with Crippen molar-refractivity contribution >= 4 is 44.1 Å². The van der Waals surface area contributed by atoms with Crippen LogP contribution >= 0.6 is 11.3 Å². The van der Waals surface area contributed by atoms with Crippen molar-refractivity contribution in [1.29, 1.82) is 0 Å². The number of para-hydroxylation sites is 1. The summed E-state index contributed by atoms with van der Waals surface area (Å²) in [5.74, 6) is 3.86. The first kappa shape index (κ1) is 36.3. The van der Waals surface area contributed by atoms with E-state index in [1.54, 1.807) is 11.3 Å². The third-order valence-corrected chi connectivity index (χ3v) is 14.4. The van der Waals surface area contributed by atoms with E-state index in [2.05, 4.69) is 56.9 Å². The number of thiazole rings is 1. The van der Waals surface area contributed by atoms with E-state index in [4.69, 9.17) is 29.6 Å². The average Bonchev–Trinajstić information content (AvgIpc) is 3.95. The Balaban J connectivity index is 0.891. The zero-order chi connectivity index (χ0) is 37.9. The molecule has 0 amide bonds. The highest BCUT2D eigenvalue weighted by Crippen LogP contribution is 2.63. The van der Waals surface area contributed by atoms with E-state index in [0.29, 0.717) is 0 Å². The molecule has 6 aliphatic rings. The SMILES string of the molecule is Cc1c(Nc2nc3ccccc3s2)nnc2c1CCCN2c1ccc(-c2cnn(CC34CC5CC(C3)CC(OCCN3CCCC3)(C5)C4)c2C)c(COCO)n1. The van der Waals surface area contributed by atoms with E-state index in [1.807, 2.05) is 24.4 Å². The number of benzene rings is 1. The van der Waals surface area contributed by atoms with Gasteiger partial charge in [-0.2, -0.15) is 5.10 Å². The van der Waals surface area contributed by atoms with Crippen LogP contribution in [-0.2, 0) is 29.0 Å². The Labute approximate surface area is 332 Å². The number of anilines is 4. The number of hydrogen-bond donors (Lipinski definition) is 2. The Bertz CT molecular complexity index is 2180. The highest BCUT2D eigenvalue weighted by atomic mass is 32.1. The lowest BCUT2D eigenvalue weighted by Gasteiger charge is -2.61. The van der Waals surface area contributed by atoms with Crippen molar-refractivity contribution in [2.75, 3.05) is 49.8 Å². The second-order valence-corrected chi connectivity index (χ2v) is 18.4. The summed E-state index contributed by atoms with van der Waals surface area (Å²) in [5, 5.41) is 28.4. The van der Waals surface area contributed by atoms with Crippen molar-refractivity contribution in [3.05, 3.63) is 65.1 Å². The van der Waals surface area contributed by atoms with E-state index in [0.717, 1.165) is 124 Å². The molecule has 13 heteroatoms. The quantitative estimate of drug-likeness (QED) is 0.114. The molecule has 5 aromatic rings. The Hall–Kier alpha value is -4.01. The second kappa shape index (κ2) is 14.7. The lowest BCUT2D eigenvalue weighted by atomic mass is 9.48. The largest absolute Gasteiger partial charge is 0.374 e. The van der Waals surface area contributed by atoms with Gasteiger partial charge in [0, 0.05) is 47.6 Å². The number of ether oxygens (including phenoxy) is 2. The van der Waals surface area contributed by atoms with Gasteiger partial charge in [-0.1, -0.05) is 23.5 Å². The average molecular weight is 776 g/mol. The minimum Gasteiger partial charge on any atom is -0.374 e. The molecule has 4 aliphatic carbocycles. The number of nitrogens with zero attached hydrogens (tertiary/aromatic N) is 8. The van der Waals surface area contributed by atoms with Gasteiger partial charge in [0.05, 0.1) is 40.9 Å². The van der Waals surface area contributed by atoms with Crippen molar-refractivity contribution < 1.29 is 14.6 Å². The molecular formula is C43H53N9O3S. The third-order valence-electron chi connectivity index (χ3n) is 13.5. The van der Waals surface area contributed by atoms with Crippen LogP contribution in [0.1, 0.15) is 80.3 Å². The summed E-state index contributed by atoms with van der Waals surface area (Å²) in [5.41, 5.74) is 7.41. The van der Waals surface area contributed by atoms with Gasteiger partial charge in [0.2, 0.25) is 0 Å². The molecule has 2 N–H and O–H groups in total. The summed E-state index contributed by atoms with van der Waals surface area (Å²) in [6, 6.07) is 12.4. The third kappa shape index (κ3) is 6.78. The summed E-state index contributed by atoms with van der Waals surface area (Å²) < 4.78 is 15.9. The van der Waals surface area contributed by atoms with Crippen LogP contribution in [-0.4, -0.2) is 85.1 Å². The predicted octanol–water partition coefficient (Wildman–Crippen LogP) is 7.71. The minimum absolute atomic E-state index is 0.0345. The molecule has 0 radical (unpaired) electrons. The minimum atomic E-state index is -0.377. The Kier molecular flexibility index (Phi) is 9.56. The molecule has 1 aromatic carbocycles. The van der Waals surface area contributed by atoms with E-state index in [-0.39, 0.29) is 24.4 Å². The number of aromatic nitrogens is 6. The van der Waals surface area contributed by atoms with Gasteiger partial charge in [0.15, 0.2) is 16.8 Å². The van der Waals surface area contributed by atoms with Gasteiger partial charge in [0.25, 0.3) is 0 Å². The molecule has 1 saturated heterocycles. The van der Waals surface area contributed by atoms with Crippen LogP contribution in [0.3, 0.4) is 0 Å². The summed E-state index contributed by atoms with van der Waals surface area (Å²) in [4.78, 5) is 14.7. The molecule has 0 spiro atoms. The fraction of sp³-hybridized carbons (Fsp3) is 0.558. The number of aliphatic hydroxyl groups excluding tert-OH is 1. The van der Waals surface area contributed by atoms with Crippen LogP contribution in [0.5, 0.6) is 0 Å². The van der Waals surface area contributed by atoms with Gasteiger partial charge in [-0.3, -0.25) is 4.68 Å². The summed E-state index contributed by atoms with van der Waals surface area (Å²) >= 11 is 1.61. The molecule has 2 atom stereocenters. The van der Waals surface area contributed by atoms with E-state index < -0.39 is 0 Å². The molecule has 11 rings (SSSR count). The first-order chi connectivity index (χ1) is 27.4. The molecule has 4 saturated carbocycles. The number of likely N-dealkylation sites (tertiary alicyclic amines) is 1. The van der Waals surface area contributed by atoms with Gasteiger partial charge in [-0.15, -0.1) is 10.2 Å². The zero-order valence-electron chi connectivity index (χ0n) is 32.7. The molecule has 2 unspecified atom stereocenters. The fourth-order valence-corrected chi connectivity index (χ4v) is 12.3. The number of pyridine rings is 1. The highest BCUT2D eigenvalue weighted by molar-refractivity contribution is 7.22. The van der Waals surface area contributed by atoms with Gasteiger partial charge in [-0.05, 0) is 133 Å². The fourth-order valence-electron chi connectivity index (χ4n) is 11.4. The standard InChI is InChI=1S/C43H53N9O3S/c1-28-32-8-7-15-51(40(32)49-48-39(28)47-41-46-35-9-3-4-10-37(35)56-41)38-12-11-33(36(45-38)24-54-27-53)34-23-44-52(29(34)2)26-42-19-30-18-31(20-42)22-43(21-30,25-42)55-17-16-50-13-5-6-14-50/h3-4,9-12,23,30-31,53H,5-8,13-22,24-27H2,1-2H3,(H,46,47,48). The highest BCUT2D eigenvalue weighted by Gasteiger charge is 2.58. The monoisotopic (exact) mass is 775 g/mol. The lowest BCUT2D eigenvalue weighted by molar-refractivity contribution is -0.197. The van der Waals surface area contributed by atoms with Crippen LogP contribution < -0.4 is 10.2 Å². The van der Waals surface area contributed by atoms with Crippen molar-refractivity contribution in [2.45, 2.75) is 96.8 Å². The maximum Gasteiger partial charge on any atom is 0.189 e. The van der Waals surface area contributed by atoms with Crippen molar-refractivity contribution in [2.24, 2.45) is 17.3 Å². The topological polar surface area (TPSA) is 127 Å². The van der Waals surface area contributed by atoms with Gasteiger partial charge >= 0.3 is 0 Å². The predicted molar refractivity (Wildman–Crippen MR) is 219 cm³/mol. The smallest absolute Gasteiger partial charge is 0.189 e. The lowest BCUT2D eigenvalue weighted by Crippen LogP contribution is -2.58. The number of fused-ring (bicyclic) bond motifs is 2. The molecule has 294 valence electrons. The Morgan fingerprint density at radius 3 is 2.61 bits per heavy atom. The second-order valence-electron chi connectivity index (χ2n) is 17.3. The number of nitrogens with one attached hydrogen (secondary N) is 1. The Morgan fingerprint density at radius 2 is 1.79 bits per heavy atom. The van der Waals surface area contributed by atoms with E-state index in [1.165, 1.54) is 58.0 Å². The maximum atomic E-state index is 9.70. The molecule has 6 heterocycles. The van der Waals surface area contributed by atoms with Crippen LogP contribution in [0.15, 0.2) is 42.6 Å². The zero-order valence-corrected chi connectivity index (χ0v) is 33.5. The maximum absolute atomic E-state index is 9.70. The molecule has 56 heavy (non-hydrogen) atoms. The van der Waals surface area contributed by atoms with Crippen molar-refractivity contribution in [3.63, 3.8) is 0 Å². The molecule has 12 nitrogen and oxygen atoms in total. The van der Waals surface area contributed by atoms with Crippen molar-refractivity contribution in [1.82, 2.24) is 34.8 Å². The Morgan fingerprint density at radius 1 is 0.946 bits per heavy atom. The van der Waals surface area contributed by atoms with Crippen LogP contribution in [0.25, 0.3) is 21.3 Å². The summed E-state index contributed by atoms with van der Waals surface area (Å²) in [6.07, 6.45) is 14.1. The van der Waals surface area contributed by atoms with Gasteiger partial charge < -0.3 is 29.7 Å². The number of aliphatic hydroxyl groups is 1. The molecular weight excluding hydrogens is 723 g/mol. The van der Waals surface area contributed by atoms with E-state index >= 15 is 0 Å². The first-order valence-corrected chi connectivity index (χ1v) is 21.5. The molecule has 5 fully saturated rings. The molecule has 4 bridgehead atoms. The normalized spacial score (nSPS) is 25.7. The summed E-state index contributed by atoms with van der Waals surface area (Å²) in [6.45, 7) is 10.2. The van der Waals surface area contributed by atoms with E-state index in [9.17, 15) is 5.11 Å². The number of rotatable bonds is 13.